The molecule has 10 aromatic carbocycles. The smallest absolute Gasteiger partial charge is 0.344 e. The van der Waals surface area contributed by atoms with E-state index in [2.05, 4.69) is 189 Å². The maximum atomic E-state index is 13.2. The molecule has 0 unspecified atom stereocenters. The summed E-state index contributed by atoms with van der Waals surface area (Å²) in [4.78, 5) is 2.24. The van der Waals surface area contributed by atoms with Crippen molar-refractivity contribution in [1.82, 2.24) is 4.57 Å². The van der Waals surface area contributed by atoms with Crippen LogP contribution in [0.1, 0.15) is 22.3 Å². The van der Waals surface area contributed by atoms with Gasteiger partial charge in [0.15, 0.2) is 0 Å². The van der Waals surface area contributed by atoms with Crippen molar-refractivity contribution < 1.29 is 45.3 Å². The zero-order valence-electron chi connectivity index (χ0n) is 42.7. The molecule has 396 valence electrons. The van der Waals surface area contributed by atoms with Crippen molar-refractivity contribution in [3.05, 3.63) is 289 Å². The summed E-state index contributed by atoms with van der Waals surface area (Å²) in [5.74, 6) is -0.0754. The van der Waals surface area contributed by atoms with Gasteiger partial charge in [0.1, 0.15) is 11.5 Å². The molecule has 11 aromatic rings. The molecule has 12 heteroatoms. The zero-order chi connectivity index (χ0) is 55.0. The van der Waals surface area contributed by atoms with Crippen LogP contribution in [0.3, 0.4) is 0 Å². The van der Waals surface area contributed by atoms with E-state index in [0.717, 1.165) is 89.4 Å². The molecule has 1 aromatic heterocycles. The molecule has 0 fully saturated rings. The van der Waals surface area contributed by atoms with Crippen LogP contribution in [0.5, 0.6) is 11.5 Å². The van der Waals surface area contributed by atoms with Crippen molar-refractivity contribution in [2.75, 3.05) is 4.90 Å². The van der Waals surface area contributed by atoms with Crippen LogP contribution in [-0.2, 0) is 35.9 Å². The van der Waals surface area contributed by atoms with E-state index in [4.69, 9.17) is 9.47 Å². The molecule has 6 nitrogen and oxygen atoms in total. The number of hydrogen-bond acceptors (Lipinski definition) is 5. The standard InChI is InChI=1S/C68H48F6N2O4/c69-65(70)67(73)79-59-37-13-47(14-38-59)43-77-41-45-9-17-49(18-10-45)51-21-29-55(30-22-51)75(56-31-23-52(24-32-56)50-19-11-46(12-20-50)42-78-44-48-15-39-60(40-16-48)80-68(74)66(71)72)57-33-25-53(26-34-57)54-27-35-58(36-28-54)76-63-7-3-1-5-61(63)62-6-2-4-8-64(62)76/h1-40H,41-44H2. The molecule has 80 heavy (non-hydrogen) atoms. The fourth-order valence-electron chi connectivity index (χ4n) is 9.61. The highest BCUT2D eigenvalue weighted by Crippen LogP contribution is 2.39. The van der Waals surface area contributed by atoms with Gasteiger partial charge in [0.25, 0.3) is 0 Å². The summed E-state index contributed by atoms with van der Waals surface area (Å²) in [6.07, 6.45) is -5.03. The Morgan fingerprint density at radius 1 is 0.312 bits per heavy atom. The number of halogens is 6. The maximum Gasteiger partial charge on any atom is 0.344 e. The molecule has 0 N–H and O–H groups in total. The van der Waals surface area contributed by atoms with Crippen LogP contribution in [0, 0.1) is 0 Å². The Bertz CT molecular complexity index is 3740. The summed E-state index contributed by atoms with van der Waals surface area (Å²) in [6.45, 7) is 1.22. The molecule has 0 aliphatic carbocycles. The van der Waals surface area contributed by atoms with Gasteiger partial charge < -0.3 is 28.4 Å². The van der Waals surface area contributed by atoms with Gasteiger partial charge in [-0.05, 0) is 141 Å². The van der Waals surface area contributed by atoms with E-state index < -0.39 is 24.2 Å². The van der Waals surface area contributed by atoms with Crippen LogP contribution in [0.15, 0.2) is 267 Å². The lowest BCUT2D eigenvalue weighted by Gasteiger charge is -2.26. The number of para-hydroxylation sites is 2. The lowest BCUT2D eigenvalue weighted by molar-refractivity contribution is 0.107. The van der Waals surface area contributed by atoms with Crippen LogP contribution in [0.4, 0.5) is 43.4 Å². The Morgan fingerprint density at radius 3 is 0.900 bits per heavy atom. The fourth-order valence-corrected chi connectivity index (χ4v) is 9.61. The highest BCUT2D eigenvalue weighted by Gasteiger charge is 2.16. The summed E-state index contributed by atoms with van der Waals surface area (Å²) in [5.41, 5.74) is 16.2. The van der Waals surface area contributed by atoms with Gasteiger partial charge in [-0.15, -0.1) is 0 Å². The minimum Gasteiger partial charge on any atom is -0.428 e. The zero-order valence-corrected chi connectivity index (χ0v) is 42.7. The van der Waals surface area contributed by atoms with Crippen molar-refractivity contribution in [2.24, 2.45) is 0 Å². The normalized spacial score (nSPS) is 11.2. The minimum atomic E-state index is -2.52. The molecule has 0 amide bonds. The van der Waals surface area contributed by atoms with Crippen molar-refractivity contribution in [1.29, 1.82) is 0 Å². The van der Waals surface area contributed by atoms with E-state index in [0.29, 0.717) is 13.2 Å². The Balaban J connectivity index is 0.794. The second-order valence-corrected chi connectivity index (χ2v) is 18.8. The summed E-state index contributed by atoms with van der Waals surface area (Å²) >= 11 is 0. The molecule has 0 saturated heterocycles. The third-order valence-electron chi connectivity index (χ3n) is 13.6. The van der Waals surface area contributed by atoms with Gasteiger partial charge in [0.2, 0.25) is 0 Å². The number of anilines is 3. The van der Waals surface area contributed by atoms with Crippen LogP contribution >= 0.6 is 0 Å². The number of rotatable bonds is 19. The first-order valence-corrected chi connectivity index (χ1v) is 25.6. The Morgan fingerprint density at radius 2 is 0.588 bits per heavy atom. The molecule has 0 aliphatic rings. The average Bonchev–Trinajstić information content (AvgIpc) is 3.86. The minimum absolute atomic E-state index is 0.0377. The third-order valence-corrected chi connectivity index (χ3v) is 13.6. The molecule has 0 saturated carbocycles. The SMILES string of the molecule is FC(F)=C(F)Oc1ccc(COCc2ccc(-c3ccc(N(c4ccc(-c5ccc(COCc6ccc(OC(F)=C(F)F)cc6)cc5)cc4)c4ccc(-c5ccc(-n6c7ccccc7c7ccccc76)cc5)cc4)cc3)cc2)cc1. The number of nitrogens with zero attached hydrogens (tertiary/aromatic N) is 2. The van der Waals surface area contributed by atoms with Crippen molar-refractivity contribution in [3.63, 3.8) is 0 Å². The Kier molecular flexibility index (Phi) is 15.7. The molecule has 0 atom stereocenters. The second kappa shape index (κ2) is 24.0. The van der Waals surface area contributed by atoms with E-state index in [-0.39, 0.29) is 24.7 Å². The van der Waals surface area contributed by atoms with Crippen LogP contribution in [0.25, 0.3) is 60.9 Å². The summed E-state index contributed by atoms with van der Waals surface area (Å²) in [7, 11) is 0. The summed E-state index contributed by atoms with van der Waals surface area (Å²) in [6, 6.07) is 75.9. The van der Waals surface area contributed by atoms with E-state index in [1.807, 2.05) is 24.3 Å². The van der Waals surface area contributed by atoms with Crippen LogP contribution < -0.4 is 14.4 Å². The molecule has 0 aliphatic heterocycles. The predicted molar refractivity (Wildman–Crippen MR) is 304 cm³/mol. The van der Waals surface area contributed by atoms with E-state index in [1.54, 1.807) is 24.3 Å². The van der Waals surface area contributed by atoms with Crippen LogP contribution in [-0.4, -0.2) is 4.57 Å². The number of fused-ring (bicyclic) bond motifs is 3. The topological polar surface area (TPSA) is 45.1 Å². The van der Waals surface area contributed by atoms with Crippen molar-refractivity contribution in [3.8, 4) is 50.6 Å². The highest BCUT2D eigenvalue weighted by molar-refractivity contribution is 6.09. The first-order valence-electron chi connectivity index (χ1n) is 25.6. The molecule has 0 spiro atoms. The van der Waals surface area contributed by atoms with Crippen molar-refractivity contribution >= 4 is 38.9 Å². The lowest BCUT2D eigenvalue weighted by Crippen LogP contribution is -2.09. The molecular formula is C68H48F6N2O4. The lowest BCUT2D eigenvalue weighted by atomic mass is 10.0. The monoisotopic (exact) mass is 1070 g/mol. The molecule has 1 heterocycles. The molecule has 0 bridgehead atoms. The van der Waals surface area contributed by atoms with Gasteiger partial charge in [-0.1, -0.05) is 158 Å². The molecule has 11 rings (SSSR count). The highest BCUT2D eigenvalue weighted by atomic mass is 19.3. The van der Waals surface area contributed by atoms with Gasteiger partial charge in [0.05, 0.1) is 37.5 Å². The first-order chi connectivity index (χ1) is 39.1. The average molecular weight is 1070 g/mol. The number of aromatic nitrogens is 1. The maximum absolute atomic E-state index is 13.2. The summed E-state index contributed by atoms with van der Waals surface area (Å²) in [5, 5.41) is 2.44. The van der Waals surface area contributed by atoms with Gasteiger partial charge >= 0.3 is 24.2 Å². The van der Waals surface area contributed by atoms with Crippen LogP contribution in [0.2, 0.25) is 0 Å². The largest absolute Gasteiger partial charge is 0.428 e. The van der Waals surface area contributed by atoms with Gasteiger partial charge in [-0.3, -0.25) is 0 Å². The van der Waals surface area contributed by atoms with Gasteiger partial charge in [-0.25, -0.2) is 0 Å². The van der Waals surface area contributed by atoms with E-state index in [9.17, 15) is 26.3 Å². The van der Waals surface area contributed by atoms with E-state index >= 15 is 0 Å². The first kappa shape index (κ1) is 52.4. The van der Waals surface area contributed by atoms with Gasteiger partial charge in [0, 0.05) is 33.5 Å². The number of hydrogen-bond donors (Lipinski definition) is 0. The predicted octanol–water partition coefficient (Wildman–Crippen LogP) is 19.5. The third kappa shape index (κ3) is 12.1. The Hall–Kier alpha value is -9.62. The van der Waals surface area contributed by atoms with Crippen molar-refractivity contribution in [2.45, 2.75) is 26.4 Å². The number of benzene rings is 10. The second-order valence-electron chi connectivity index (χ2n) is 18.8. The molecular weight excluding hydrogens is 1020 g/mol. The number of ether oxygens (including phenoxy) is 4. The fraction of sp³-hybridized carbons (Fsp3) is 0.0588. The molecule has 0 radical (unpaired) electrons. The van der Waals surface area contributed by atoms with E-state index in [1.165, 1.54) is 35.0 Å². The quantitative estimate of drug-likeness (QED) is 0.0596. The summed E-state index contributed by atoms with van der Waals surface area (Å²) < 4.78 is 99.1. The van der Waals surface area contributed by atoms with Gasteiger partial charge in [-0.2, -0.15) is 26.3 Å². The Labute approximate surface area is 457 Å².